The second-order valence-corrected chi connectivity index (χ2v) is 16.7. The molecule has 0 bridgehead atoms. The van der Waals surface area contributed by atoms with E-state index in [1.807, 2.05) is 13.8 Å². The van der Waals surface area contributed by atoms with E-state index >= 15 is 8.78 Å². The summed E-state index contributed by atoms with van der Waals surface area (Å²) in [6.45, 7) is 10.9. The van der Waals surface area contributed by atoms with Gasteiger partial charge in [-0.2, -0.15) is 0 Å². The van der Waals surface area contributed by atoms with Crippen LogP contribution in [0.25, 0.3) is 16.8 Å². The molecule has 0 radical (unpaired) electrons. The van der Waals surface area contributed by atoms with E-state index in [-0.39, 0.29) is 22.5 Å². The van der Waals surface area contributed by atoms with Crippen LogP contribution in [-0.2, 0) is 46.5 Å². The first kappa shape index (κ1) is 39.7. The zero-order chi connectivity index (χ0) is 38.3. The van der Waals surface area contributed by atoms with Crippen molar-refractivity contribution >= 4 is 45.0 Å². The third-order valence-corrected chi connectivity index (χ3v) is 9.49. The molecule has 0 aliphatic rings. The van der Waals surface area contributed by atoms with Crippen molar-refractivity contribution in [3.63, 3.8) is 0 Å². The van der Waals surface area contributed by atoms with Crippen LogP contribution in [0.4, 0.5) is 8.78 Å². The van der Waals surface area contributed by atoms with Gasteiger partial charge >= 0.3 is 11.9 Å². The van der Waals surface area contributed by atoms with E-state index in [1.165, 1.54) is 36.7 Å². The summed E-state index contributed by atoms with van der Waals surface area (Å²) in [7, 11) is -4.08. The van der Waals surface area contributed by atoms with Gasteiger partial charge in [0.25, 0.3) is 0 Å². The van der Waals surface area contributed by atoms with Crippen LogP contribution in [0.1, 0.15) is 71.1 Å². The predicted molar refractivity (Wildman–Crippen MR) is 191 cm³/mol. The van der Waals surface area contributed by atoms with Gasteiger partial charge < -0.3 is 14.6 Å². The number of carbonyl (C=O) groups excluding carboxylic acids is 2. The fourth-order valence-corrected chi connectivity index (χ4v) is 7.12. The number of sulfone groups is 1. The molecule has 1 aromatic heterocycles. The number of esters is 2. The Hall–Kier alpha value is -4.10. The SMILES string of the molecule is CC(C)(C)OC(=O)/C=C/C(=O)OCc1c(F)cc(-c2ccc(-n3cc(C(C)(C)O)nc3C(C)(C)c3c(Cl)cccc3Cl)c(F)c2)cc1S(C)(=O)=O. The molecule has 4 rings (SSSR count). The van der Waals surface area contributed by atoms with Gasteiger partial charge in [-0.15, -0.1) is 0 Å². The summed E-state index contributed by atoms with van der Waals surface area (Å²) >= 11 is 13.1. The van der Waals surface area contributed by atoms with Crippen molar-refractivity contribution < 1.29 is 41.4 Å². The number of hydrogen-bond donors (Lipinski definition) is 1. The second-order valence-electron chi connectivity index (χ2n) is 13.9. The molecule has 1 N–H and O–H groups in total. The number of nitrogens with zero attached hydrogens (tertiary/aromatic N) is 2. The molecule has 3 aromatic carbocycles. The number of halogens is 4. The van der Waals surface area contributed by atoms with Crippen LogP contribution in [-0.4, -0.2) is 46.9 Å². The highest BCUT2D eigenvalue weighted by Crippen LogP contribution is 2.42. The van der Waals surface area contributed by atoms with Crippen molar-refractivity contribution in [2.24, 2.45) is 0 Å². The van der Waals surface area contributed by atoms with Crippen molar-refractivity contribution in [3.05, 3.63) is 111 Å². The molecule has 1 heterocycles. The van der Waals surface area contributed by atoms with Crippen LogP contribution in [0, 0.1) is 11.6 Å². The fourth-order valence-electron chi connectivity index (χ4n) is 5.30. The minimum atomic E-state index is -4.08. The molecule has 14 heteroatoms. The first-order chi connectivity index (χ1) is 23.4. The Labute approximate surface area is 305 Å². The number of aromatic nitrogens is 2. The second kappa shape index (κ2) is 14.5. The number of benzene rings is 3. The van der Waals surface area contributed by atoms with Gasteiger partial charge in [-0.3, -0.25) is 4.57 Å². The van der Waals surface area contributed by atoms with Crippen molar-refractivity contribution in [1.82, 2.24) is 9.55 Å². The number of rotatable bonds is 10. The summed E-state index contributed by atoms with van der Waals surface area (Å²) in [6, 6.07) is 11.2. The lowest BCUT2D eigenvalue weighted by Gasteiger charge is -2.28. The van der Waals surface area contributed by atoms with Crippen LogP contribution in [0.3, 0.4) is 0 Å². The molecule has 9 nitrogen and oxygen atoms in total. The largest absolute Gasteiger partial charge is 0.457 e. The van der Waals surface area contributed by atoms with Crippen molar-refractivity contribution in [3.8, 4) is 16.8 Å². The zero-order valence-corrected chi connectivity index (χ0v) is 31.6. The molecule has 4 aromatic rings. The van der Waals surface area contributed by atoms with E-state index in [4.69, 9.17) is 32.7 Å². The van der Waals surface area contributed by atoms with E-state index in [1.54, 1.807) is 39.0 Å². The highest BCUT2D eigenvalue weighted by molar-refractivity contribution is 7.90. The third-order valence-electron chi connectivity index (χ3n) is 7.70. The Bertz CT molecular complexity index is 2130. The molecule has 272 valence electrons. The number of ether oxygens (including phenoxy) is 2. The zero-order valence-electron chi connectivity index (χ0n) is 29.3. The normalized spacial score (nSPS) is 12.7. The third kappa shape index (κ3) is 9.23. The van der Waals surface area contributed by atoms with Gasteiger partial charge in [-0.1, -0.05) is 35.3 Å². The van der Waals surface area contributed by atoms with Crippen molar-refractivity contribution in [2.45, 2.75) is 76.6 Å². The van der Waals surface area contributed by atoms with Crippen LogP contribution in [0.5, 0.6) is 0 Å². The maximum Gasteiger partial charge on any atom is 0.331 e. The highest BCUT2D eigenvalue weighted by atomic mass is 35.5. The number of carbonyl (C=O) groups is 2. The van der Waals surface area contributed by atoms with Gasteiger partial charge in [0.2, 0.25) is 0 Å². The van der Waals surface area contributed by atoms with E-state index in [0.717, 1.165) is 36.6 Å². The van der Waals surface area contributed by atoms with Gasteiger partial charge in [0.1, 0.15) is 35.3 Å². The molecule has 51 heavy (non-hydrogen) atoms. The Morgan fingerprint density at radius 3 is 2.04 bits per heavy atom. The summed E-state index contributed by atoms with van der Waals surface area (Å²) in [5.74, 6) is -3.32. The molecule has 0 spiro atoms. The molecule has 0 unspecified atom stereocenters. The Morgan fingerprint density at radius 1 is 0.902 bits per heavy atom. The fraction of sp³-hybridized carbons (Fsp3) is 0.324. The predicted octanol–water partition coefficient (Wildman–Crippen LogP) is 8.02. The first-order valence-electron chi connectivity index (χ1n) is 15.6. The van der Waals surface area contributed by atoms with E-state index in [0.29, 0.717) is 21.4 Å². The van der Waals surface area contributed by atoms with E-state index < -0.39 is 67.1 Å². The van der Waals surface area contributed by atoms with E-state index in [2.05, 4.69) is 4.98 Å². The molecule has 0 aliphatic carbocycles. The minimum absolute atomic E-state index is 0.0276. The van der Waals surface area contributed by atoms with Gasteiger partial charge in [0, 0.05) is 45.8 Å². The lowest BCUT2D eigenvalue weighted by Crippen LogP contribution is -2.25. The Kier molecular flexibility index (Phi) is 11.3. The molecule has 0 aliphatic heterocycles. The van der Waals surface area contributed by atoms with Crippen molar-refractivity contribution in [1.29, 1.82) is 0 Å². The molecule has 0 amide bonds. The summed E-state index contributed by atoms with van der Waals surface area (Å²) < 4.78 is 68.8. The average molecular weight is 764 g/mol. The lowest BCUT2D eigenvalue weighted by molar-refractivity contribution is -0.149. The average Bonchev–Trinajstić information content (AvgIpc) is 3.45. The monoisotopic (exact) mass is 762 g/mol. The molecule has 0 fully saturated rings. The smallest absolute Gasteiger partial charge is 0.331 e. The molecule has 0 atom stereocenters. The van der Waals surface area contributed by atoms with Crippen LogP contribution in [0.2, 0.25) is 10.0 Å². The maximum absolute atomic E-state index is 16.1. The first-order valence-corrected chi connectivity index (χ1v) is 18.2. The highest BCUT2D eigenvalue weighted by Gasteiger charge is 2.36. The van der Waals surface area contributed by atoms with Crippen LogP contribution >= 0.6 is 23.2 Å². The van der Waals surface area contributed by atoms with Gasteiger partial charge in [-0.05, 0) is 96.0 Å². The molecular weight excluding hydrogens is 725 g/mol. The van der Waals surface area contributed by atoms with Gasteiger partial charge in [0.15, 0.2) is 9.84 Å². The summed E-state index contributed by atoms with van der Waals surface area (Å²) in [5.41, 5.74) is -2.65. The minimum Gasteiger partial charge on any atom is -0.457 e. The summed E-state index contributed by atoms with van der Waals surface area (Å²) in [5, 5.41) is 11.5. The Balaban J connectivity index is 1.73. The lowest BCUT2D eigenvalue weighted by atomic mass is 9.83. The van der Waals surface area contributed by atoms with Gasteiger partial charge in [-0.25, -0.2) is 31.8 Å². The maximum atomic E-state index is 16.1. The van der Waals surface area contributed by atoms with Crippen molar-refractivity contribution in [2.75, 3.05) is 6.26 Å². The quantitative estimate of drug-likeness (QED) is 0.127. The number of imidazole rings is 1. The molecule has 0 saturated carbocycles. The number of aliphatic hydroxyl groups is 1. The van der Waals surface area contributed by atoms with E-state index in [9.17, 15) is 23.1 Å². The summed E-state index contributed by atoms with van der Waals surface area (Å²) in [4.78, 5) is 28.3. The Morgan fingerprint density at radius 2 is 1.49 bits per heavy atom. The number of hydrogen-bond acceptors (Lipinski definition) is 8. The van der Waals surface area contributed by atoms with Crippen LogP contribution < -0.4 is 0 Å². The summed E-state index contributed by atoms with van der Waals surface area (Å²) in [6.07, 6.45) is 3.98. The van der Waals surface area contributed by atoms with Gasteiger partial charge in [0.05, 0.1) is 21.7 Å². The standard InChI is InChI=1S/C37H38Cl2F2N2O7S/c1-35(2,3)50-32(45)15-14-31(44)49-20-23-26(40)17-22(18-29(23)51(8,47)48)21-12-13-28(27(41)16-21)43-19-30(37(6,7)46)42-34(43)36(4,5)33-24(38)10-9-11-25(33)39/h9-19,46H,20H2,1-8H3/b15-14+. The molecular formula is C37H38Cl2F2N2O7S. The topological polar surface area (TPSA) is 125 Å². The molecule has 0 saturated heterocycles. The van der Waals surface area contributed by atoms with Crippen LogP contribution in [0.15, 0.2) is 71.8 Å².